The number of hydrogen-bond acceptors (Lipinski definition) is 4. The summed E-state index contributed by atoms with van der Waals surface area (Å²) in [5, 5.41) is 7.08. The van der Waals surface area contributed by atoms with Crippen LogP contribution in [0, 0.1) is 13.8 Å². The highest BCUT2D eigenvalue weighted by Crippen LogP contribution is 2.41. The average Bonchev–Trinajstić information content (AvgIpc) is 3.33. The smallest absolute Gasteiger partial charge is 0.226 e. The number of methoxy groups -OCH3 is 1. The summed E-state index contributed by atoms with van der Waals surface area (Å²) in [4.78, 5) is 19.6. The zero-order valence-corrected chi connectivity index (χ0v) is 21.7. The maximum atomic E-state index is 12.9. The molecule has 0 radical (unpaired) electrons. The highest BCUT2D eigenvalue weighted by molar-refractivity contribution is 7.80. The van der Waals surface area contributed by atoms with Gasteiger partial charge in [-0.25, -0.2) is 0 Å². The minimum Gasteiger partial charge on any atom is -0.495 e. The van der Waals surface area contributed by atoms with Crippen LogP contribution in [0.25, 0.3) is 0 Å². The van der Waals surface area contributed by atoms with Crippen molar-refractivity contribution in [2.24, 2.45) is 0 Å². The number of hydrogen-bond donors (Lipinski definition) is 2. The van der Waals surface area contributed by atoms with E-state index >= 15 is 0 Å². The van der Waals surface area contributed by atoms with Crippen LogP contribution in [0.5, 0.6) is 5.75 Å². The van der Waals surface area contributed by atoms with Gasteiger partial charge in [0.2, 0.25) is 5.91 Å². The van der Waals surface area contributed by atoms with E-state index in [1.54, 1.807) is 13.3 Å². The number of aryl methyl sites for hydroxylation is 1. The summed E-state index contributed by atoms with van der Waals surface area (Å²) in [7, 11) is 1.59. The van der Waals surface area contributed by atoms with Crippen molar-refractivity contribution in [1.29, 1.82) is 0 Å². The third-order valence-corrected chi connectivity index (χ3v) is 6.87. The molecule has 1 aliphatic rings. The van der Waals surface area contributed by atoms with Crippen molar-refractivity contribution in [2.75, 3.05) is 19.0 Å². The number of rotatable bonds is 8. The fourth-order valence-electron chi connectivity index (χ4n) is 5.06. The van der Waals surface area contributed by atoms with E-state index in [0.29, 0.717) is 29.1 Å². The standard InChI is InChI=1S/C27H33N5O2S/c1-17(2)32-18(3)16-20(19(32)4)26-25(22-11-8-9-14-28-22)30-27(35)31(26)15-13-24(33)29-21-10-6-7-12-23(21)34-5/h6-12,14,16-17,25-26H,13,15H2,1-5H3,(H,29,33)(H,30,35)/t25-,26-/m0/s1. The van der Waals surface area contributed by atoms with Crippen LogP contribution in [0.3, 0.4) is 0 Å². The van der Waals surface area contributed by atoms with Crippen molar-refractivity contribution in [3.8, 4) is 5.75 Å². The third kappa shape index (κ3) is 5.03. The van der Waals surface area contributed by atoms with E-state index in [0.717, 1.165) is 5.69 Å². The Labute approximate surface area is 212 Å². The molecule has 1 amide bonds. The molecule has 2 N–H and O–H groups in total. The van der Waals surface area contributed by atoms with Gasteiger partial charge >= 0.3 is 0 Å². The van der Waals surface area contributed by atoms with Gasteiger partial charge in [0.1, 0.15) is 5.75 Å². The van der Waals surface area contributed by atoms with Crippen LogP contribution in [-0.2, 0) is 4.79 Å². The van der Waals surface area contributed by atoms with E-state index in [-0.39, 0.29) is 24.4 Å². The van der Waals surface area contributed by atoms with Gasteiger partial charge in [-0.3, -0.25) is 9.78 Å². The number of anilines is 1. The van der Waals surface area contributed by atoms with Gasteiger partial charge < -0.3 is 24.8 Å². The molecule has 4 rings (SSSR count). The lowest BCUT2D eigenvalue weighted by molar-refractivity contribution is -0.116. The molecule has 184 valence electrons. The molecule has 1 aliphatic heterocycles. The second-order valence-electron chi connectivity index (χ2n) is 9.11. The van der Waals surface area contributed by atoms with Crippen LogP contribution in [0.15, 0.2) is 54.7 Å². The molecule has 35 heavy (non-hydrogen) atoms. The number of carbonyl (C=O) groups is 1. The van der Waals surface area contributed by atoms with Crippen molar-refractivity contribution >= 4 is 28.9 Å². The van der Waals surface area contributed by atoms with Crippen molar-refractivity contribution in [2.45, 2.75) is 52.2 Å². The number of benzene rings is 1. The first-order valence-electron chi connectivity index (χ1n) is 11.9. The van der Waals surface area contributed by atoms with Gasteiger partial charge in [-0.1, -0.05) is 18.2 Å². The Balaban J connectivity index is 1.61. The lowest BCUT2D eigenvalue weighted by Crippen LogP contribution is -2.33. The van der Waals surface area contributed by atoms with Crippen molar-refractivity contribution in [3.05, 3.63) is 77.4 Å². The van der Waals surface area contributed by atoms with Crippen LogP contribution < -0.4 is 15.4 Å². The number of nitrogens with one attached hydrogen (secondary N) is 2. The molecule has 0 spiro atoms. The largest absolute Gasteiger partial charge is 0.495 e. The monoisotopic (exact) mass is 491 g/mol. The molecule has 0 bridgehead atoms. The summed E-state index contributed by atoms with van der Waals surface area (Å²) in [6.45, 7) is 9.16. The normalized spacial score (nSPS) is 17.5. The summed E-state index contributed by atoms with van der Waals surface area (Å²) in [6.07, 6.45) is 2.09. The highest BCUT2D eigenvalue weighted by atomic mass is 32.1. The topological polar surface area (TPSA) is 71.4 Å². The van der Waals surface area contributed by atoms with Crippen LogP contribution in [0.1, 0.15) is 61.0 Å². The summed E-state index contributed by atoms with van der Waals surface area (Å²) in [6, 6.07) is 15.7. The number of pyridine rings is 1. The van der Waals surface area contributed by atoms with Gasteiger partial charge in [0.15, 0.2) is 5.11 Å². The summed E-state index contributed by atoms with van der Waals surface area (Å²) < 4.78 is 7.71. The second kappa shape index (κ2) is 10.5. The van der Waals surface area contributed by atoms with Crippen LogP contribution in [0.4, 0.5) is 5.69 Å². The Morgan fingerprint density at radius 2 is 1.94 bits per heavy atom. The SMILES string of the molecule is COc1ccccc1NC(=O)CCN1C(=S)N[C@@H](c2ccccn2)[C@@H]1c1cc(C)n(C(C)C)c1C. The first-order valence-corrected chi connectivity index (χ1v) is 12.3. The van der Waals surface area contributed by atoms with E-state index in [4.69, 9.17) is 17.0 Å². The van der Waals surface area contributed by atoms with Gasteiger partial charge in [0.05, 0.1) is 30.6 Å². The molecule has 7 nitrogen and oxygen atoms in total. The molecular formula is C27H33N5O2S. The first-order chi connectivity index (χ1) is 16.8. The number of para-hydroxylation sites is 2. The molecule has 2 aromatic heterocycles. The molecular weight excluding hydrogens is 458 g/mol. The number of carbonyl (C=O) groups excluding carboxylic acids is 1. The Kier molecular flexibility index (Phi) is 7.40. The molecule has 2 atom stereocenters. The van der Waals surface area contributed by atoms with E-state index < -0.39 is 0 Å². The highest BCUT2D eigenvalue weighted by Gasteiger charge is 2.41. The molecule has 0 aliphatic carbocycles. The second-order valence-corrected chi connectivity index (χ2v) is 9.50. The number of ether oxygens (including phenoxy) is 1. The van der Waals surface area contributed by atoms with Gasteiger partial charge in [-0.2, -0.15) is 0 Å². The maximum Gasteiger partial charge on any atom is 0.226 e. The quantitative estimate of drug-likeness (QED) is 0.428. The Morgan fingerprint density at radius 3 is 2.60 bits per heavy atom. The van der Waals surface area contributed by atoms with Crippen molar-refractivity contribution in [1.82, 2.24) is 19.8 Å². The van der Waals surface area contributed by atoms with Gasteiger partial charge in [0.25, 0.3) is 0 Å². The zero-order chi connectivity index (χ0) is 25.1. The van der Waals surface area contributed by atoms with E-state index in [1.165, 1.54) is 17.0 Å². The molecule has 1 aromatic carbocycles. The Hall–Kier alpha value is -3.39. The molecule has 1 saturated heterocycles. The van der Waals surface area contributed by atoms with E-state index in [2.05, 4.69) is 58.8 Å². The number of nitrogens with zero attached hydrogens (tertiary/aromatic N) is 3. The fraction of sp³-hybridized carbons (Fsp3) is 0.370. The fourth-order valence-corrected chi connectivity index (χ4v) is 5.40. The van der Waals surface area contributed by atoms with E-state index in [9.17, 15) is 4.79 Å². The van der Waals surface area contributed by atoms with Crippen molar-refractivity contribution < 1.29 is 9.53 Å². The maximum absolute atomic E-state index is 12.9. The van der Waals surface area contributed by atoms with E-state index in [1.807, 2.05) is 42.5 Å². The Morgan fingerprint density at radius 1 is 1.20 bits per heavy atom. The predicted molar refractivity (Wildman–Crippen MR) is 143 cm³/mol. The van der Waals surface area contributed by atoms with Crippen LogP contribution in [-0.4, -0.2) is 39.1 Å². The number of thiocarbonyl (C=S) groups is 1. The molecule has 3 aromatic rings. The van der Waals surface area contributed by atoms with Gasteiger partial charge in [-0.15, -0.1) is 0 Å². The molecule has 0 saturated carbocycles. The minimum absolute atomic E-state index is 0.0739. The third-order valence-electron chi connectivity index (χ3n) is 6.52. The van der Waals surface area contributed by atoms with Crippen molar-refractivity contribution in [3.63, 3.8) is 0 Å². The number of amides is 1. The van der Waals surface area contributed by atoms with Crippen LogP contribution in [0.2, 0.25) is 0 Å². The molecule has 0 unspecified atom stereocenters. The van der Waals surface area contributed by atoms with Gasteiger partial charge in [0, 0.05) is 36.6 Å². The van der Waals surface area contributed by atoms with Gasteiger partial charge in [-0.05, 0) is 75.8 Å². The van der Waals surface area contributed by atoms with Crippen LogP contribution >= 0.6 is 12.2 Å². The average molecular weight is 492 g/mol. The summed E-state index contributed by atoms with van der Waals surface area (Å²) in [5.74, 6) is 0.540. The molecule has 3 heterocycles. The lowest BCUT2D eigenvalue weighted by atomic mass is 9.96. The summed E-state index contributed by atoms with van der Waals surface area (Å²) >= 11 is 5.78. The Bertz CT molecular complexity index is 1210. The molecule has 1 fully saturated rings. The minimum atomic E-state index is -0.109. The lowest BCUT2D eigenvalue weighted by Gasteiger charge is -2.28. The summed E-state index contributed by atoms with van der Waals surface area (Å²) in [5.41, 5.74) is 5.20. The zero-order valence-electron chi connectivity index (χ0n) is 20.9. The predicted octanol–water partition coefficient (Wildman–Crippen LogP) is 5.09. The molecule has 8 heteroatoms. The number of aromatic nitrogens is 2. The first kappa shape index (κ1) is 24.7.